The summed E-state index contributed by atoms with van der Waals surface area (Å²) in [6.45, 7) is 4.90. The van der Waals surface area contributed by atoms with Crippen LogP contribution >= 0.6 is 11.3 Å². The molecule has 1 aliphatic rings. The van der Waals surface area contributed by atoms with Crippen LogP contribution in [0.15, 0.2) is 42.6 Å². The summed E-state index contributed by atoms with van der Waals surface area (Å²) in [5.41, 5.74) is 2.01. The topological polar surface area (TPSA) is 36.4 Å². The van der Waals surface area contributed by atoms with Gasteiger partial charge in [-0.15, -0.1) is 11.3 Å². The molecule has 0 unspecified atom stereocenters. The number of carbonyl (C=O) groups excluding carboxylic acids is 1. The summed E-state index contributed by atoms with van der Waals surface area (Å²) in [4.78, 5) is 22.6. The summed E-state index contributed by atoms with van der Waals surface area (Å²) in [6.07, 6.45) is 4.75. The highest BCUT2D eigenvalue weighted by atomic mass is 32.1. The van der Waals surface area contributed by atoms with Gasteiger partial charge in [0.15, 0.2) is 0 Å². The lowest BCUT2D eigenvalue weighted by Crippen LogP contribution is -2.46. The van der Waals surface area contributed by atoms with Gasteiger partial charge in [-0.2, -0.15) is 0 Å². The highest BCUT2D eigenvalue weighted by molar-refractivity contribution is 7.21. The molecular formula is C23H26FN3OS. The minimum Gasteiger partial charge on any atom is -0.338 e. The molecule has 0 N–H and O–H groups in total. The molecule has 4 nitrogen and oxygen atoms in total. The first-order valence-corrected chi connectivity index (χ1v) is 10.9. The van der Waals surface area contributed by atoms with Crippen molar-refractivity contribution in [2.45, 2.75) is 32.2 Å². The summed E-state index contributed by atoms with van der Waals surface area (Å²) in [7, 11) is 1.90. The van der Waals surface area contributed by atoms with E-state index >= 15 is 0 Å². The second-order valence-electron chi connectivity index (χ2n) is 7.76. The number of benzene rings is 1. The highest BCUT2D eigenvalue weighted by Crippen LogP contribution is 2.32. The van der Waals surface area contributed by atoms with Crippen LogP contribution in [0.25, 0.3) is 10.1 Å². The number of amides is 1. The average molecular weight is 412 g/mol. The third kappa shape index (κ3) is 4.33. The molecule has 4 rings (SSSR count). The average Bonchev–Trinajstić information content (AvgIpc) is 3.08. The number of likely N-dealkylation sites (tertiary alicyclic amines) is 1. The number of fused-ring (bicyclic) bond motifs is 1. The van der Waals surface area contributed by atoms with Crippen molar-refractivity contribution in [2.75, 3.05) is 26.7 Å². The predicted octanol–water partition coefficient (Wildman–Crippen LogP) is 4.52. The van der Waals surface area contributed by atoms with Crippen molar-refractivity contribution < 1.29 is 9.18 Å². The number of carbonyl (C=O) groups is 1. The molecule has 0 radical (unpaired) electrons. The first-order chi connectivity index (χ1) is 14.0. The number of aryl methyl sites for hydroxylation is 1. The predicted molar refractivity (Wildman–Crippen MR) is 116 cm³/mol. The number of hydrogen-bond donors (Lipinski definition) is 0. The quantitative estimate of drug-likeness (QED) is 0.619. The highest BCUT2D eigenvalue weighted by Gasteiger charge is 2.28. The summed E-state index contributed by atoms with van der Waals surface area (Å²) in [5.74, 6) is -0.208. The Kier molecular flexibility index (Phi) is 5.92. The fourth-order valence-corrected chi connectivity index (χ4v) is 5.24. The lowest BCUT2D eigenvalue weighted by molar-refractivity contribution is 0.0647. The molecule has 3 heterocycles. The maximum Gasteiger partial charge on any atom is 0.264 e. The summed E-state index contributed by atoms with van der Waals surface area (Å²) in [5, 5.41) is 0.844. The third-order valence-electron chi connectivity index (χ3n) is 5.93. The van der Waals surface area contributed by atoms with Gasteiger partial charge in [-0.25, -0.2) is 4.39 Å². The van der Waals surface area contributed by atoms with Crippen LogP contribution in [0, 0.1) is 12.7 Å². The fourth-order valence-electron chi connectivity index (χ4n) is 4.07. The van der Waals surface area contributed by atoms with Crippen molar-refractivity contribution >= 4 is 27.3 Å². The lowest BCUT2D eigenvalue weighted by Gasteiger charge is -2.36. The molecule has 1 amide bonds. The number of hydrogen-bond acceptors (Lipinski definition) is 4. The van der Waals surface area contributed by atoms with Gasteiger partial charge in [-0.05, 0) is 61.0 Å². The molecule has 1 aliphatic heterocycles. The molecule has 6 heteroatoms. The van der Waals surface area contributed by atoms with E-state index in [-0.39, 0.29) is 17.8 Å². The van der Waals surface area contributed by atoms with Gasteiger partial charge >= 0.3 is 0 Å². The van der Waals surface area contributed by atoms with Gasteiger partial charge in [-0.1, -0.05) is 6.07 Å². The third-order valence-corrected chi connectivity index (χ3v) is 7.19. The Morgan fingerprint density at radius 1 is 1.28 bits per heavy atom. The second-order valence-corrected chi connectivity index (χ2v) is 8.81. The van der Waals surface area contributed by atoms with Crippen LogP contribution in [-0.4, -0.2) is 53.4 Å². The van der Waals surface area contributed by atoms with E-state index in [2.05, 4.69) is 16.0 Å². The van der Waals surface area contributed by atoms with Crippen LogP contribution in [0.5, 0.6) is 0 Å². The van der Waals surface area contributed by atoms with E-state index in [1.54, 1.807) is 6.07 Å². The van der Waals surface area contributed by atoms with Crippen molar-refractivity contribution in [3.8, 4) is 0 Å². The lowest BCUT2D eigenvalue weighted by atomic mass is 10.0. The molecule has 29 heavy (non-hydrogen) atoms. The van der Waals surface area contributed by atoms with Gasteiger partial charge < -0.3 is 9.80 Å². The molecule has 0 atom stereocenters. The van der Waals surface area contributed by atoms with Gasteiger partial charge in [0, 0.05) is 55.7 Å². The Morgan fingerprint density at radius 3 is 2.79 bits per heavy atom. The molecule has 0 saturated carbocycles. The standard InChI is InChI=1S/C23H26FN3OS/c1-16-20-15-17(24)6-7-21(20)29-22(16)23(28)26(2)19-9-13-27(14-10-19)12-8-18-5-3-4-11-25-18/h3-7,11,15,19H,8-10,12-14H2,1-2H3. The van der Waals surface area contributed by atoms with Gasteiger partial charge in [0.1, 0.15) is 5.82 Å². The van der Waals surface area contributed by atoms with Crippen molar-refractivity contribution in [2.24, 2.45) is 0 Å². The number of halogens is 1. The van der Waals surface area contributed by atoms with E-state index in [4.69, 9.17) is 0 Å². The molecule has 2 aromatic heterocycles. The SMILES string of the molecule is Cc1c(C(=O)N(C)C2CCN(CCc3ccccn3)CC2)sc2ccc(F)cc12. The molecule has 1 fully saturated rings. The molecule has 3 aromatic rings. The van der Waals surface area contributed by atoms with Gasteiger partial charge in [0.2, 0.25) is 0 Å². The summed E-state index contributed by atoms with van der Waals surface area (Å²) in [6, 6.07) is 11.0. The molecular weight excluding hydrogens is 385 g/mol. The van der Waals surface area contributed by atoms with E-state index in [9.17, 15) is 9.18 Å². The molecule has 152 valence electrons. The maximum absolute atomic E-state index is 13.6. The number of rotatable bonds is 5. The Hall–Kier alpha value is -2.31. The van der Waals surface area contributed by atoms with E-state index in [1.165, 1.54) is 23.5 Å². The Bertz CT molecular complexity index is 996. The van der Waals surface area contributed by atoms with Crippen LogP contribution in [0.2, 0.25) is 0 Å². The number of piperidine rings is 1. The van der Waals surface area contributed by atoms with Crippen LogP contribution in [0.4, 0.5) is 4.39 Å². The van der Waals surface area contributed by atoms with Crippen molar-refractivity contribution in [3.63, 3.8) is 0 Å². The fraction of sp³-hybridized carbons (Fsp3) is 0.391. The first kappa shape index (κ1) is 20.0. The van der Waals surface area contributed by atoms with Crippen LogP contribution < -0.4 is 0 Å². The van der Waals surface area contributed by atoms with E-state index in [0.717, 1.165) is 65.1 Å². The summed E-state index contributed by atoms with van der Waals surface area (Å²) < 4.78 is 14.5. The van der Waals surface area contributed by atoms with Gasteiger partial charge in [0.25, 0.3) is 5.91 Å². The summed E-state index contributed by atoms with van der Waals surface area (Å²) >= 11 is 1.46. The molecule has 0 bridgehead atoms. The number of nitrogens with zero attached hydrogens (tertiary/aromatic N) is 3. The van der Waals surface area contributed by atoms with Crippen LogP contribution in [0.1, 0.15) is 33.8 Å². The van der Waals surface area contributed by atoms with Gasteiger partial charge in [0.05, 0.1) is 4.88 Å². The maximum atomic E-state index is 13.6. The zero-order valence-electron chi connectivity index (χ0n) is 16.9. The van der Waals surface area contributed by atoms with E-state index < -0.39 is 0 Å². The zero-order chi connectivity index (χ0) is 20.4. The minimum absolute atomic E-state index is 0.0519. The van der Waals surface area contributed by atoms with Crippen LogP contribution in [-0.2, 0) is 6.42 Å². The van der Waals surface area contributed by atoms with E-state index in [0.29, 0.717) is 0 Å². The second kappa shape index (κ2) is 8.59. The molecule has 1 aromatic carbocycles. The van der Waals surface area contributed by atoms with Crippen molar-refractivity contribution in [1.29, 1.82) is 0 Å². The molecule has 0 spiro atoms. The zero-order valence-corrected chi connectivity index (χ0v) is 17.7. The number of pyridine rings is 1. The van der Waals surface area contributed by atoms with Crippen molar-refractivity contribution in [1.82, 2.24) is 14.8 Å². The first-order valence-electron chi connectivity index (χ1n) is 10.1. The Balaban J connectivity index is 1.36. The normalized spacial score (nSPS) is 15.7. The Morgan fingerprint density at radius 2 is 2.07 bits per heavy atom. The minimum atomic E-state index is -0.260. The molecule has 0 aliphatic carbocycles. The Labute approximate surface area is 175 Å². The monoisotopic (exact) mass is 411 g/mol. The number of aromatic nitrogens is 1. The molecule has 1 saturated heterocycles. The number of thiophene rings is 1. The smallest absolute Gasteiger partial charge is 0.264 e. The largest absolute Gasteiger partial charge is 0.338 e. The van der Waals surface area contributed by atoms with Gasteiger partial charge in [-0.3, -0.25) is 9.78 Å². The van der Waals surface area contributed by atoms with Crippen molar-refractivity contribution in [3.05, 3.63) is 64.5 Å². The van der Waals surface area contributed by atoms with E-state index in [1.807, 2.05) is 37.2 Å². The van der Waals surface area contributed by atoms with Crippen LogP contribution in [0.3, 0.4) is 0 Å².